The molecule has 0 aromatic heterocycles. The van der Waals surface area contributed by atoms with Crippen LogP contribution in [0.25, 0.3) is 0 Å². The second-order valence-corrected chi connectivity index (χ2v) is 6.19. The van der Waals surface area contributed by atoms with Crippen LogP contribution in [0.5, 0.6) is 0 Å². The average Bonchev–Trinajstić information content (AvgIpc) is 2.37. The minimum atomic E-state index is -4.59. The van der Waals surface area contributed by atoms with Crippen LogP contribution in [0.15, 0.2) is 29.2 Å². The van der Waals surface area contributed by atoms with Crippen LogP contribution in [0.2, 0.25) is 0 Å². The van der Waals surface area contributed by atoms with Gasteiger partial charge in [-0.15, -0.1) is 0 Å². The van der Waals surface area contributed by atoms with E-state index in [1.54, 1.807) is 6.92 Å². The number of halogens is 3. The van der Waals surface area contributed by atoms with E-state index >= 15 is 0 Å². The first-order chi connectivity index (χ1) is 9.20. The fraction of sp³-hybridized carbons (Fsp3) is 0.500. The molecule has 1 aromatic carbocycles. The van der Waals surface area contributed by atoms with Crippen LogP contribution in [0, 0.1) is 0 Å². The molecule has 0 aliphatic carbocycles. The van der Waals surface area contributed by atoms with E-state index in [0.717, 1.165) is 0 Å². The summed E-state index contributed by atoms with van der Waals surface area (Å²) < 4.78 is 62.1. The second kappa shape index (κ2) is 6.55. The molecule has 0 saturated carbocycles. The van der Waals surface area contributed by atoms with Crippen LogP contribution >= 0.6 is 0 Å². The van der Waals surface area contributed by atoms with Crippen molar-refractivity contribution in [3.8, 4) is 0 Å². The SMILES string of the molecule is CCCN(CC(F)(F)F)S(=O)(=O)c1ccc(CO)cc1. The molecule has 1 rings (SSSR count). The molecule has 0 fully saturated rings. The highest BCUT2D eigenvalue weighted by Gasteiger charge is 2.36. The lowest BCUT2D eigenvalue weighted by Gasteiger charge is -2.22. The third-order valence-electron chi connectivity index (χ3n) is 2.57. The van der Waals surface area contributed by atoms with Gasteiger partial charge in [0, 0.05) is 6.54 Å². The van der Waals surface area contributed by atoms with Gasteiger partial charge in [0.25, 0.3) is 0 Å². The molecular weight excluding hydrogens is 295 g/mol. The highest BCUT2D eigenvalue weighted by Crippen LogP contribution is 2.23. The summed E-state index contributed by atoms with van der Waals surface area (Å²) in [6.45, 7) is -0.371. The van der Waals surface area contributed by atoms with Crippen LogP contribution in [0.3, 0.4) is 0 Å². The van der Waals surface area contributed by atoms with Gasteiger partial charge in [0.2, 0.25) is 10.0 Å². The van der Waals surface area contributed by atoms with E-state index < -0.39 is 22.7 Å². The second-order valence-electron chi connectivity index (χ2n) is 4.26. The lowest BCUT2D eigenvalue weighted by molar-refractivity contribution is -0.136. The fourth-order valence-electron chi connectivity index (χ4n) is 1.65. The molecule has 0 bridgehead atoms. The molecule has 0 spiro atoms. The molecule has 1 aromatic rings. The van der Waals surface area contributed by atoms with Crippen LogP contribution in [-0.4, -0.2) is 37.1 Å². The number of nitrogens with zero attached hydrogens (tertiary/aromatic N) is 1. The van der Waals surface area contributed by atoms with Crippen molar-refractivity contribution in [2.24, 2.45) is 0 Å². The Morgan fingerprint density at radius 1 is 1.20 bits per heavy atom. The standard InChI is InChI=1S/C12H16F3NO3S/c1-2-7-16(9-12(13,14)15)20(18,19)11-5-3-10(8-17)4-6-11/h3-6,17H,2,7-9H2,1H3. The first kappa shape index (κ1) is 16.9. The first-order valence-corrected chi connectivity index (χ1v) is 7.41. The average molecular weight is 311 g/mol. The van der Waals surface area contributed by atoms with Crippen molar-refractivity contribution in [2.75, 3.05) is 13.1 Å². The van der Waals surface area contributed by atoms with Crippen molar-refractivity contribution in [3.63, 3.8) is 0 Å². The number of benzene rings is 1. The summed E-state index contributed by atoms with van der Waals surface area (Å²) in [6, 6.07) is 5.12. The number of hydrogen-bond donors (Lipinski definition) is 1. The molecule has 1 N–H and O–H groups in total. The zero-order valence-electron chi connectivity index (χ0n) is 10.9. The summed E-state index contributed by atoms with van der Waals surface area (Å²) in [5, 5.41) is 8.87. The Labute approximate surface area is 115 Å². The van der Waals surface area contributed by atoms with Gasteiger partial charge in [-0.1, -0.05) is 19.1 Å². The number of alkyl halides is 3. The largest absolute Gasteiger partial charge is 0.402 e. The van der Waals surface area contributed by atoms with E-state index in [0.29, 0.717) is 9.87 Å². The number of rotatable bonds is 6. The zero-order chi connectivity index (χ0) is 15.4. The van der Waals surface area contributed by atoms with Crippen molar-refractivity contribution in [3.05, 3.63) is 29.8 Å². The maximum Gasteiger partial charge on any atom is 0.402 e. The van der Waals surface area contributed by atoms with E-state index in [4.69, 9.17) is 5.11 Å². The highest BCUT2D eigenvalue weighted by atomic mass is 32.2. The van der Waals surface area contributed by atoms with Crippen molar-refractivity contribution in [1.29, 1.82) is 0 Å². The Kier molecular flexibility index (Phi) is 5.55. The highest BCUT2D eigenvalue weighted by molar-refractivity contribution is 7.89. The van der Waals surface area contributed by atoms with Crippen LogP contribution in [-0.2, 0) is 16.6 Å². The Hall–Kier alpha value is -1.12. The maximum atomic E-state index is 12.5. The normalized spacial score (nSPS) is 12.9. The Bertz CT molecular complexity index is 526. The molecule has 114 valence electrons. The fourth-order valence-corrected chi connectivity index (χ4v) is 3.17. The number of sulfonamides is 1. The predicted octanol–water partition coefficient (Wildman–Crippen LogP) is 2.14. The van der Waals surface area contributed by atoms with Gasteiger partial charge in [-0.05, 0) is 24.1 Å². The van der Waals surface area contributed by atoms with Crippen LogP contribution < -0.4 is 0 Å². The number of hydrogen-bond acceptors (Lipinski definition) is 3. The van der Waals surface area contributed by atoms with Gasteiger partial charge < -0.3 is 5.11 Å². The third kappa shape index (κ3) is 4.46. The molecule has 0 radical (unpaired) electrons. The van der Waals surface area contributed by atoms with Crippen molar-refractivity contribution in [1.82, 2.24) is 4.31 Å². The maximum absolute atomic E-state index is 12.5. The Morgan fingerprint density at radius 3 is 2.15 bits per heavy atom. The van der Waals surface area contributed by atoms with Crippen molar-refractivity contribution < 1.29 is 26.7 Å². The molecule has 0 heterocycles. The molecule has 0 aliphatic rings. The van der Waals surface area contributed by atoms with E-state index in [9.17, 15) is 21.6 Å². The van der Waals surface area contributed by atoms with E-state index in [-0.39, 0.29) is 24.5 Å². The predicted molar refractivity (Wildman–Crippen MR) is 67.5 cm³/mol. The molecule has 8 heteroatoms. The molecule has 0 atom stereocenters. The van der Waals surface area contributed by atoms with E-state index in [1.807, 2.05) is 0 Å². The van der Waals surface area contributed by atoms with Crippen LogP contribution in [0.4, 0.5) is 13.2 Å². The van der Waals surface area contributed by atoms with E-state index in [2.05, 4.69) is 0 Å². The Morgan fingerprint density at radius 2 is 1.75 bits per heavy atom. The van der Waals surface area contributed by atoms with Crippen LogP contribution in [0.1, 0.15) is 18.9 Å². The summed E-state index contributed by atoms with van der Waals surface area (Å²) in [6.07, 6.45) is -4.31. The molecule has 0 aliphatic heterocycles. The minimum Gasteiger partial charge on any atom is -0.392 e. The molecule has 4 nitrogen and oxygen atoms in total. The first-order valence-electron chi connectivity index (χ1n) is 5.97. The van der Waals surface area contributed by atoms with E-state index in [1.165, 1.54) is 24.3 Å². The number of aliphatic hydroxyl groups is 1. The zero-order valence-corrected chi connectivity index (χ0v) is 11.7. The minimum absolute atomic E-state index is 0.205. The topological polar surface area (TPSA) is 57.6 Å². The summed E-state index contributed by atoms with van der Waals surface area (Å²) >= 11 is 0. The lowest BCUT2D eigenvalue weighted by Crippen LogP contribution is -2.39. The summed E-state index contributed by atoms with van der Waals surface area (Å²) in [5.74, 6) is 0. The van der Waals surface area contributed by atoms with Gasteiger partial charge in [0.15, 0.2) is 0 Å². The Balaban J connectivity index is 3.08. The summed E-state index contributed by atoms with van der Waals surface area (Å²) in [5.41, 5.74) is 0.488. The summed E-state index contributed by atoms with van der Waals surface area (Å²) in [7, 11) is -4.19. The summed E-state index contributed by atoms with van der Waals surface area (Å²) in [4.78, 5) is -0.215. The molecule has 20 heavy (non-hydrogen) atoms. The quantitative estimate of drug-likeness (QED) is 0.876. The third-order valence-corrected chi connectivity index (χ3v) is 4.43. The van der Waals surface area contributed by atoms with Gasteiger partial charge in [0.05, 0.1) is 11.5 Å². The smallest absolute Gasteiger partial charge is 0.392 e. The van der Waals surface area contributed by atoms with Crippen molar-refractivity contribution in [2.45, 2.75) is 31.0 Å². The lowest BCUT2D eigenvalue weighted by atomic mass is 10.2. The van der Waals surface area contributed by atoms with Gasteiger partial charge in [-0.2, -0.15) is 17.5 Å². The monoisotopic (exact) mass is 311 g/mol. The number of aliphatic hydroxyl groups excluding tert-OH is 1. The van der Waals surface area contributed by atoms with Gasteiger partial charge in [-0.3, -0.25) is 0 Å². The molecule has 0 saturated heterocycles. The van der Waals surface area contributed by atoms with Gasteiger partial charge in [0.1, 0.15) is 6.54 Å². The van der Waals surface area contributed by atoms with Gasteiger partial charge >= 0.3 is 6.18 Å². The molecule has 0 unspecified atom stereocenters. The van der Waals surface area contributed by atoms with Gasteiger partial charge in [-0.25, -0.2) is 8.42 Å². The molecule has 0 amide bonds. The van der Waals surface area contributed by atoms with Crippen molar-refractivity contribution >= 4 is 10.0 Å². The molecular formula is C12H16F3NO3S.